The minimum Gasteiger partial charge on any atom is -0.508 e. The van der Waals surface area contributed by atoms with Gasteiger partial charge in [0.1, 0.15) is 5.75 Å². The van der Waals surface area contributed by atoms with E-state index in [1.807, 2.05) is 12.1 Å². The Morgan fingerprint density at radius 1 is 1.10 bits per heavy atom. The van der Waals surface area contributed by atoms with Gasteiger partial charge in [-0.25, -0.2) is 9.97 Å². The number of aromatic nitrogens is 2. The van der Waals surface area contributed by atoms with Crippen LogP contribution in [0.3, 0.4) is 0 Å². The van der Waals surface area contributed by atoms with Crippen molar-refractivity contribution in [2.45, 2.75) is 6.54 Å². The number of phenolic OH excluding ortho intramolecular Hbond substituents is 1. The van der Waals surface area contributed by atoms with Gasteiger partial charge in [-0.1, -0.05) is 0 Å². The van der Waals surface area contributed by atoms with Crippen molar-refractivity contribution in [2.24, 2.45) is 0 Å². The predicted molar refractivity (Wildman–Crippen MR) is 81.9 cm³/mol. The normalized spacial score (nSPS) is 17.0. The molecule has 1 N–H and O–H groups in total. The fourth-order valence-electron chi connectivity index (χ4n) is 2.55. The summed E-state index contributed by atoms with van der Waals surface area (Å²) in [5, 5.41) is 10.1. The summed E-state index contributed by atoms with van der Waals surface area (Å²) >= 11 is 0. The minimum absolute atomic E-state index is 0.341. The first-order chi connectivity index (χ1) is 10.2. The highest BCUT2D eigenvalue weighted by atomic mass is 16.3. The third kappa shape index (κ3) is 3.37. The summed E-state index contributed by atoms with van der Waals surface area (Å²) in [6, 6.07) is 7.38. The Hall–Kier alpha value is -1.98. The van der Waals surface area contributed by atoms with Gasteiger partial charge in [-0.3, -0.25) is 4.90 Å². The highest BCUT2D eigenvalue weighted by molar-refractivity contribution is 5.58. The van der Waals surface area contributed by atoms with Crippen LogP contribution in [0.5, 0.6) is 5.75 Å². The molecule has 5 nitrogen and oxygen atoms in total. The predicted octanol–water partition coefficient (Wildman–Crippen LogP) is 1.60. The second-order valence-corrected chi connectivity index (χ2v) is 5.50. The van der Waals surface area contributed by atoms with Crippen molar-refractivity contribution in [2.75, 3.05) is 33.2 Å². The quantitative estimate of drug-likeness (QED) is 0.928. The molecule has 0 radical (unpaired) electrons. The molecule has 21 heavy (non-hydrogen) atoms. The van der Waals surface area contributed by atoms with Crippen molar-refractivity contribution in [3.05, 3.63) is 42.2 Å². The van der Waals surface area contributed by atoms with Gasteiger partial charge in [-0.05, 0) is 31.3 Å². The average molecular weight is 284 g/mol. The zero-order valence-corrected chi connectivity index (χ0v) is 12.2. The van der Waals surface area contributed by atoms with Crippen LogP contribution >= 0.6 is 0 Å². The van der Waals surface area contributed by atoms with E-state index < -0.39 is 0 Å². The molecule has 1 aromatic carbocycles. The van der Waals surface area contributed by atoms with Crippen LogP contribution in [-0.4, -0.2) is 58.1 Å². The molecule has 2 aromatic rings. The molecular formula is C16H20N4O. The lowest BCUT2D eigenvalue weighted by Gasteiger charge is -2.32. The van der Waals surface area contributed by atoms with Crippen LogP contribution in [0.25, 0.3) is 11.4 Å². The van der Waals surface area contributed by atoms with Gasteiger partial charge in [0.2, 0.25) is 0 Å². The maximum Gasteiger partial charge on any atom is 0.159 e. The molecular weight excluding hydrogens is 264 g/mol. The summed E-state index contributed by atoms with van der Waals surface area (Å²) in [4.78, 5) is 13.2. The number of aromatic hydroxyl groups is 1. The number of piperazine rings is 1. The molecule has 5 heteroatoms. The van der Waals surface area contributed by atoms with E-state index in [4.69, 9.17) is 0 Å². The molecule has 1 aliphatic rings. The SMILES string of the molecule is CN1CCN(Cc2cc(-c3ncccn3)ccc2O)CC1. The van der Waals surface area contributed by atoms with Crippen LogP contribution in [0.15, 0.2) is 36.7 Å². The van der Waals surface area contributed by atoms with E-state index in [0.717, 1.165) is 43.9 Å². The van der Waals surface area contributed by atoms with Crippen LogP contribution in [0.1, 0.15) is 5.56 Å². The molecule has 2 heterocycles. The molecule has 0 spiro atoms. The first kappa shape index (κ1) is 14.0. The molecule has 0 amide bonds. The van der Waals surface area contributed by atoms with Crippen molar-refractivity contribution in [3.63, 3.8) is 0 Å². The Labute approximate surface area is 124 Å². The third-order valence-electron chi connectivity index (χ3n) is 3.89. The van der Waals surface area contributed by atoms with Gasteiger partial charge in [-0.15, -0.1) is 0 Å². The van der Waals surface area contributed by atoms with E-state index in [2.05, 4.69) is 26.8 Å². The van der Waals surface area contributed by atoms with Crippen LogP contribution in [0.4, 0.5) is 0 Å². The topological polar surface area (TPSA) is 52.5 Å². The van der Waals surface area contributed by atoms with E-state index in [1.165, 1.54) is 0 Å². The molecule has 0 unspecified atom stereocenters. The number of likely N-dealkylation sites (N-methyl/N-ethyl adjacent to an activating group) is 1. The summed E-state index contributed by atoms with van der Waals surface area (Å²) in [6.45, 7) is 4.97. The minimum atomic E-state index is 0.341. The number of nitrogens with zero attached hydrogens (tertiary/aromatic N) is 4. The lowest BCUT2D eigenvalue weighted by Crippen LogP contribution is -2.43. The average Bonchev–Trinajstić information content (AvgIpc) is 2.52. The van der Waals surface area contributed by atoms with Gasteiger partial charge >= 0.3 is 0 Å². The molecule has 0 bridgehead atoms. The highest BCUT2D eigenvalue weighted by Gasteiger charge is 2.16. The monoisotopic (exact) mass is 284 g/mol. The van der Waals surface area contributed by atoms with Crippen molar-refractivity contribution in [3.8, 4) is 17.1 Å². The maximum atomic E-state index is 10.1. The largest absolute Gasteiger partial charge is 0.508 e. The third-order valence-corrected chi connectivity index (χ3v) is 3.89. The Morgan fingerprint density at radius 3 is 2.52 bits per heavy atom. The van der Waals surface area contributed by atoms with E-state index in [-0.39, 0.29) is 0 Å². The van der Waals surface area contributed by atoms with Crippen LogP contribution in [0, 0.1) is 0 Å². The van der Waals surface area contributed by atoms with Crippen molar-refractivity contribution < 1.29 is 5.11 Å². The first-order valence-corrected chi connectivity index (χ1v) is 7.22. The Balaban J connectivity index is 1.79. The van der Waals surface area contributed by atoms with Gasteiger partial charge < -0.3 is 10.0 Å². The maximum absolute atomic E-state index is 10.1. The van der Waals surface area contributed by atoms with Crippen molar-refractivity contribution >= 4 is 0 Å². The molecule has 1 fully saturated rings. The van der Waals surface area contributed by atoms with Crippen LogP contribution in [0.2, 0.25) is 0 Å². The summed E-state index contributed by atoms with van der Waals surface area (Å²) < 4.78 is 0. The molecule has 1 aromatic heterocycles. The number of phenols is 1. The first-order valence-electron chi connectivity index (χ1n) is 7.22. The number of benzene rings is 1. The fourth-order valence-corrected chi connectivity index (χ4v) is 2.55. The van der Waals surface area contributed by atoms with Crippen molar-refractivity contribution in [1.82, 2.24) is 19.8 Å². The molecule has 110 valence electrons. The molecule has 3 rings (SSSR count). The zero-order valence-electron chi connectivity index (χ0n) is 12.2. The lowest BCUT2D eigenvalue weighted by molar-refractivity contribution is 0.147. The molecule has 1 aliphatic heterocycles. The summed E-state index contributed by atoms with van der Waals surface area (Å²) in [6.07, 6.45) is 3.46. The van der Waals surface area contributed by atoms with E-state index >= 15 is 0 Å². The van der Waals surface area contributed by atoms with Gasteiger partial charge in [-0.2, -0.15) is 0 Å². The van der Waals surface area contributed by atoms with Crippen LogP contribution in [-0.2, 0) is 6.54 Å². The Bertz CT molecular complexity index is 594. The summed E-state index contributed by atoms with van der Waals surface area (Å²) in [5.41, 5.74) is 1.88. The standard InChI is InChI=1S/C16H20N4O/c1-19-7-9-20(10-8-19)12-14-11-13(3-4-15(14)21)16-17-5-2-6-18-16/h2-6,11,21H,7-10,12H2,1H3. The number of hydrogen-bond donors (Lipinski definition) is 1. The smallest absolute Gasteiger partial charge is 0.159 e. The summed E-state index contributed by atoms with van der Waals surface area (Å²) in [5.74, 6) is 1.03. The fraction of sp³-hybridized carbons (Fsp3) is 0.375. The van der Waals surface area contributed by atoms with Crippen LogP contribution < -0.4 is 0 Å². The van der Waals surface area contributed by atoms with Gasteiger partial charge in [0.25, 0.3) is 0 Å². The molecule has 1 saturated heterocycles. The second-order valence-electron chi connectivity index (χ2n) is 5.50. The van der Waals surface area contributed by atoms with Gasteiger partial charge in [0.05, 0.1) is 0 Å². The van der Waals surface area contributed by atoms with E-state index in [0.29, 0.717) is 11.6 Å². The van der Waals surface area contributed by atoms with Gasteiger partial charge in [0, 0.05) is 56.2 Å². The summed E-state index contributed by atoms with van der Waals surface area (Å²) in [7, 11) is 2.14. The van der Waals surface area contributed by atoms with E-state index in [1.54, 1.807) is 24.5 Å². The van der Waals surface area contributed by atoms with E-state index in [9.17, 15) is 5.11 Å². The molecule has 0 aliphatic carbocycles. The van der Waals surface area contributed by atoms with Crippen molar-refractivity contribution in [1.29, 1.82) is 0 Å². The molecule has 0 saturated carbocycles. The second kappa shape index (κ2) is 6.20. The lowest BCUT2D eigenvalue weighted by atomic mass is 10.1. The molecule has 0 atom stereocenters. The van der Waals surface area contributed by atoms with Gasteiger partial charge in [0.15, 0.2) is 5.82 Å². The highest BCUT2D eigenvalue weighted by Crippen LogP contribution is 2.25. The Morgan fingerprint density at radius 2 is 1.81 bits per heavy atom. The number of hydrogen-bond acceptors (Lipinski definition) is 5. The Kier molecular flexibility index (Phi) is 4.13. The number of rotatable bonds is 3. The zero-order chi connectivity index (χ0) is 14.7.